The second-order valence-corrected chi connectivity index (χ2v) is 5.48. The number of hydrogen-bond acceptors (Lipinski definition) is 2. The van der Waals surface area contributed by atoms with E-state index in [9.17, 15) is 9.59 Å². The number of nitrogens with one attached hydrogen (secondary N) is 3. The van der Waals surface area contributed by atoms with E-state index in [1.54, 1.807) is 12.1 Å². The monoisotopic (exact) mass is 327 g/mol. The van der Waals surface area contributed by atoms with Crippen molar-refractivity contribution in [3.05, 3.63) is 65.2 Å². The van der Waals surface area contributed by atoms with Gasteiger partial charge in [-0.3, -0.25) is 4.79 Å². The molecule has 0 aromatic heterocycles. The lowest BCUT2D eigenvalue weighted by Crippen LogP contribution is -2.47. The normalized spacial score (nSPS) is 10.1. The predicted octanol–water partition coefficient (Wildman–Crippen LogP) is 1.39. The van der Waals surface area contributed by atoms with Gasteiger partial charge in [-0.2, -0.15) is 0 Å². The molecule has 2 aromatic rings. The zero-order valence-corrected chi connectivity index (χ0v) is 13.8. The lowest BCUT2D eigenvalue weighted by atomic mass is 10.1. The van der Waals surface area contributed by atoms with Crippen LogP contribution in [0.5, 0.6) is 0 Å². The molecule has 0 saturated carbocycles. The number of urea groups is 1. The maximum atomic E-state index is 11.9. The highest BCUT2D eigenvalue weighted by molar-refractivity contribution is 5.89. The summed E-state index contributed by atoms with van der Waals surface area (Å²) in [6, 6.07) is 15.1. The van der Waals surface area contributed by atoms with Crippen LogP contribution in [0, 0.1) is 0 Å². The summed E-state index contributed by atoms with van der Waals surface area (Å²) in [5, 5.41) is 8.32. The molecule has 126 valence electrons. The highest BCUT2D eigenvalue weighted by Gasteiger charge is 2.03. The summed E-state index contributed by atoms with van der Waals surface area (Å²) in [6.07, 6.45) is 0. The first-order valence-corrected chi connectivity index (χ1v) is 7.82. The van der Waals surface area contributed by atoms with Crippen molar-refractivity contribution in [1.82, 2.24) is 10.6 Å². The van der Waals surface area contributed by atoms with Crippen LogP contribution >= 0.6 is 0 Å². The Kier molecular flexibility index (Phi) is 6.33. The second-order valence-electron chi connectivity index (χ2n) is 5.48. The zero-order valence-electron chi connectivity index (χ0n) is 13.8. The average molecular weight is 327 g/mol. The number of carbonyl (C=O) groups is 2. The van der Waals surface area contributed by atoms with Gasteiger partial charge < -0.3 is 21.7 Å². The Morgan fingerprint density at radius 2 is 1.33 bits per heavy atom. The first-order valence-electron chi connectivity index (χ1n) is 7.82. The van der Waals surface area contributed by atoms with Gasteiger partial charge in [0.25, 0.3) is 0 Å². The first-order chi connectivity index (χ1) is 11.6. The van der Waals surface area contributed by atoms with Gasteiger partial charge in [0.15, 0.2) is 0 Å². The van der Waals surface area contributed by atoms with Gasteiger partial charge in [0.2, 0.25) is 5.91 Å². The first kappa shape index (κ1) is 17.5. The molecule has 0 fully saturated rings. The van der Waals surface area contributed by atoms with Crippen LogP contribution in [0.4, 0.5) is 10.5 Å². The van der Waals surface area contributed by atoms with Crippen LogP contribution < -0.4 is 21.7 Å². The molecule has 2 aromatic carbocycles. The summed E-state index contributed by atoms with van der Waals surface area (Å²) < 4.78 is 0. The van der Waals surface area contributed by atoms with Crippen molar-refractivity contribution in [2.24, 2.45) is 0 Å². The molecule has 0 heterocycles. The van der Waals surface area contributed by atoms with Crippen LogP contribution in [0.25, 0.3) is 0 Å². The predicted molar refractivity (Wildman–Crippen MR) is 92.9 cm³/mol. The number of quaternary nitrogens is 1. The molecule has 0 atom stereocenters. The summed E-state index contributed by atoms with van der Waals surface area (Å²) in [5.41, 5.74) is 7.71. The second kappa shape index (κ2) is 8.69. The van der Waals surface area contributed by atoms with Crippen LogP contribution in [0.3, 0.4) is 0 Å². The van der Waals surface area contributed by atoms with Crippen molar-refractivity contribution < 1.29 is 15.3 Å². The molecule has 0 aliphatic rings. The maximum absolute atomic E-state index is 11.9. The third kappa shape index (κ3) is 5.73. The average Bonchev–Trinajstić information content (AvgIpc) is 2.60. The smallest absolute Gasteiger partial charge is 0.319 e. The van der Waals surface area contributed by atoms with Gasteiger partial charge in [-0.1, -0.05) is 36.4 Å². The summed E-state index contributed by atoms with van der Waals surface area (Å²) in [4.78, 5) is 22.8. The van der Waals surface area contributed by atoms with Gasteiger partial charge in [-0.15, -0.1) is 0 Å². The minimum Gasteiger partial charge on any atom is -0.354 e. The highest BCUT2D eigenvalue weighted by atomic mass is 16.2. The number of anilines is 1. The molecule has 0 bridgehead atoms. The molecule has 24 heavy (non-hydrogen) atoms. The van der Waals surface area contributed by atoms with Gasteiger partial charge in [-0.05, 0) is 23.3 Å². The van der Waals surface area contributed by atoms with Gasteiger partial charge in [0, 0.05) is 31.3 Å². The Morgan fingerprint density at radius 3 is 1.88 bits per heavy atom. The van der Waals surface area contributed by atoms with Gasteiger partial charge >= 0.3 is 6.03 Å². The molecule has 3 amide bonds. The fourth-order valence-electron chi connectivity index (χ4n) is 2.11. The molecular formula is C18H23N4O2+. The summed E-state index contributed by atoms with van der Waals surface area (Å²) in [5.74, 6) is -0.0696. The summed E-state index contributed by atoms with van der Waals surface area (Å²) in [7, 11) is 0. The number of benzene rings is 2. The minimum atomic E-state index is -0.258. The van der Waals surface area contributed by atoms with Gasteiger partial charge in [-0.25, -0.2) is 4.79 Å². The Morgan fingerprint density at radius 1 is 0.833 bits per heavy atom. The van der Waals surface area contributed by atoms with E-state index in [-0.39, 0.29) is 11.9 Å². The summed E-state index contributed by atoms with van der Waals surface area (Å²) >= 11 is 0. The van der Waals surface area contributed by atoms with Crippen LogP contribution in [-0.4, -0.2) is 11.9 Å². The fourth-order valence-corrected chi connectivity index (χ4v) is 2.11. The van der Waals surface area contributed by atoms with Crippen molar-refractivity contribution in [2.45, 2.75) is 26.6 Å². The van der Waals surface area contributed by atoms with E-state index in [2.05, 4.69) is 21.7 Å². The largest absolute Gasteiger partial charge is 0.354 e. The Labute approximate surface area is 141 Å². The quantitative estimate of drug-likeness (QED) is 0.645. The Bertz CT molecular complexity index is 681. The van der Waals surface area contributed by atoms with E-state index in [0.717, 1.165) is 17.7 Å². The number of hydrogen-bond donors (Lipinski definition) is 4. The Hall–Kier alpha value is -2.86. The van der Waals surface area contributed by atoms with Crippen LogP contribution in [-0.2, 0) is 24.4 Å². The van der Waals surface area contributed by atoms with Crippen LogP contribution in [0.2, 0.25) is 0 Å². The molecular weight excluding hydrogens is 304 g/mol. The molecule has 6 heteroatoms. The fraction of sp³-hybridized carbons (Fsp3) is 0.222. The molecule has 0 spiro atoms. The molecule has 2 rings (SSSR count). The maximum Gasteiger partial charge on any atom is 0.319 e. The van der Waals surface area contributed by atoms with Crippen molar-refractivity contribution in [3.8, 4) is 0 Å². The minimum absolute atomic E-state index is 0.0696. The van der Waals surface area contributed by atoms with E-state index in [1.807, 2.05) is 36.4 Å². The molecule has 6 N–H and O–H groups in total. The van der Waals surface area contributed by atoms with E-state index in [4.69, 9.17) is 0 Å². The van der Waals surface area contributed by atoms with E-state index in [1.165, 1.54) is 12.5 Å². The van der Waals surface area contributed by atoms with Crippen molar-refractivity contribution >= 4 is 17.6 Å². The molecule has 0 saturated heterocycles. The van der Waals surface area contributed by atoms with E-state index in [0.29, 0.717) is 18.8 Å². The molecule has 0 unspecified atom stereocenters. The molecule has 0 radical (unpaired) electrons. The summed E-state index contributed by atoms with van der Waals surface area (Å²) in [6.45, 7) is 3.17. The zero-order chi connectivity index (χ0) is 17.4. The Balaban J connectivity index is 1.79. The SMILES string of the molecule is CC(=O)NCc1ccc(NC(=O)NCc2ccc(C[NH3+])cc2)cc1. The standard InChI is InChI=1S/C18H22N4O2/c1-13(23)20-11-16-6-8-17(9-7-16)22-18(24)21-12-15-4-2-14(10-19)3-5-15/h2-9H,10-12,19H2,1H3,(H,20,23)(H2,21,22,24)/p+1. The van der Waals surface area contributed by atoms with E-state index < -0.39 is 0 Å². The lowest BCUT2D eigenvalue weighted by molar-refractivity contribution is -0.386. The van der Waals surface area contributed by atoms with Gasteiger partial charge in [0.05, 0.1) is 6.54 Å². The van der Waals surface area contributed by atoms with Crippen molar-refractivity contribution in [3.63, 3.8) is 0 Å². The van der Waals surface area contributed by atoms with Crippen molar-refractivity contribution in [2.75, 3.05) is 5.32 Å². The van der Waals surface area contributed by atoms with E-state index >= 15 is 0 Å². The molecule has 0 aliphatic heterocycles. The van der Waals surface area contributed by atoms with Crippen molar-refractivity contribution in [1.29, 1.82) is 0 Å². The number of rotatable bonds is 6. The third-order valence-electron chi connectivity index (χ3n) is 3.52. The highest BCUT2D eigenvalue weighted by Crippen LogP contribution is 2.09. The number of carbonyl (C=O) groups excluding carboxylic acids is 2. The molecule has 6 nitrogen and oxygen atoms in total. The van der Waals surface area contributed by atoms with Gasteiger partial charge in [0.1, 0.15) is 0 Å². The van der Waals surface area contributed by atoms with Crippen LogP contribution in [0.1, 0.15) is 23.6 Å². The third-order valence-corrected chi connectivity index (χ3v) is 3.52. The molecule has 0 aliphatic carbocycles. The van der Waals surface area contributed by atoms with Crippen LogP contribution in [0.15, 0.2) is 48.5 Å². The number of amides is 3. The lowest BCUT2D eigenvalue weighted by Gasteiger charge is -2.09. The topological polar surface area (TPSA) is 97.9 Å².